The Morgan fingerprint density at radius 2 is 2.04 bits per heavy atom. The average molecular weight is 437 g/mol. The van der Waals surface area contributed by atoms with Crippen LogP contribution in [0.1, 0.15) is 11.3 Å². The highest BCUT2D eigenvalue weighted by Gasteiger charge is 2.33. The molecule has 1 aromatic carbocycles. The standard InChI is InChI=1S/C18H17BrN2O2S2/c1-23-11-5-10-21-17(22)15(12-14-8-9-16(19)24-14)25-18(21)20-13-6-3-2-4-7-13/h2-4,6-9,12H,5,10-11H2,1H3. The number of para-hydroxylation sites is 1. The molecule has 0 spiro atoms. The Kier molecular flexibility index (Phi) is 6.47. The third kappa shape index (κ3) is 4.82. The lowest BCUT2D eigenvalue weighted by Gasteiger charge is -2.15. The number of carbonyl (C=O) groups excluding carboxylic acids is 1. The molecule has 7 heteroatoms. The molecule has 25 heavy (non-hydrogen) atoms. The topological polar surface area (TPSA) is 41.9 Å². The van der Waals surface area contributed by atoms with Crippen LogP contribution in [0.25, 0.3) is 6.08 Å². The number of rotatable bonds is 6. The van der Waals surface area contributed by atoms with E-state index in [0.717, 1.165) is 20.8 Å². The fourth-order valence-electron chi connectivity index (χ4n) is 2.30. The number of carbonyl (C=O) groups is 1. The summed E-state index contributed by atoms with van der Waals surface area (Å²) in [6, 6.07) is 13.7. The van der Waals surface area contributed by atoms with Crippen LogP contribution < -0.4 is 0 Å². The number of nitrogens with zero attached hydrogens (tertiary/aromatic N) is 2. The third-order valence-corrected chi connectivity index (χ3v) is 6.04. The van der Waals surface area contributed by atoms with E-state index < -0.39 is 0 Å². The maximum Gasteiger partial charge on any atom is 0.266 e. The molecule has 1 aliphatic rings. The van der Waals surface area contributed by atoms with Crippen LogP contribution in [-0.4, -0.2) is 36.2 Å². The smallest absolute Gasteiger partial charge is 0.266 e. The number of hydrogen-bond donors (Lipinski definition) is 0. The molecule has 3 rings (SSSR count). The number of benzene rings is 1. The molecule has 1 aliphatic heterocycles. The van der Waals surface area contributed by atoms with E-state index in [4.69, 9.17) is 4.74 Å². The zero-order valence-corrected chi connectivity index (χ0v) is 16.9. The molecule has 0 saturated carbocycles. The molecule has 130 valence electrons. The Morgan fingerprint density at radius 3 is 2.72 bits per heavy atom. The van der Waals surface area contributed by atoms with Gasteiger partial charge in [0.2, 0.25) is 0 Å². The van der Waals surface area contributed by atoms with E-state index in [0.29, 0.717) is 23.2 Å². The SMILES string of the molecule is COCCCN1C(=O)C(=Cc2ccc(Br)s2)SC1=Nc1ccccc1. The van der Waals surface area contributed by atoms with Crippen LogP contribution in [0.4, 0.5) is 5.69 Å². The van der Waals surface area contributed by atoms with E-state index in [1.165, 1.54) is 11.8 Å². The second-order valence-electron chi connectivity index (χ2n) is 5.29. The Morgan fingerprint density at radius 1 is 1.24 bits per heavy atom. The minimum Gasteiger partial charge on any atom is -0.385 e. The first-order chi connectivity index (χ1) is 12.2. The summed E-state index contributed by atoms with van der Waals surface area (Å²) < 4.78 is 6.16. The molecule has 0 bridgehead atoms. The molecule has 0 aliphatic carbocycles. The fraction of sp³-hybridized carbons (Fsp3) is 0.222. The summed E-state index contributed by atoms with van der Waals surface area (Å²) in [6.07, 6.45) is 2.70. The number of ether oxygens (including phenoxy) is 1. The van der Waals surface area contributed by atoms with Crippen molar-refractivity contribution in [3.63, 3.8) is 0 Å². The lowest BCUT2D eigenvalue weighted by atomic mass is 10.3. The number of hydrogen-bond acceptors (Lipinski definition) is 5. The molecule has 0 radical (unpaired) electrons. The van der Waals surface area contributed by atoms with Gasteiger partial charge < -0.3 is 4.74 Å². The zero-order valence-electron chi connectivity index (χ0n) is 13.6. The second-order valence-corrected chi connectivity index (χ2v) is 8.79. The zero-order chi connectivity index (χ0) is 17.6. The number of halogens is 1. The number of amidine groups is 1. The molecule has 0 atom stereocenters. The average Bonchev–Trinajstić information content (AvgIpc) is 3.14. The highest BCUT2D eigenvalue weighted by molar-refractivity contribution is 9.11. The lowest BCUT2D eigenvalue weighted by Crippen LogP contribution is -2.30. The predicted molar refractivity (Wildman–Crippen MR) is 109 cm³/mol. The van der Waals surface area contributed by atoms with Gasteiger partial charge in [-0.05, 0) is 64.5 Å². The van der Waals surface area contributed by atoms with E-state index >= 15 is 0 Å². The molecule has 1 saturated heterocycles. The van der Waals surface area contributed by atoms with Gasteiger partial charge in [-0.25, -0.2) is 4.99 Å². The van der Waals surface area contributed by atoms with Crippen molar-refractivity contribution < 1.29 is 9.53 Å². The van der Waals surface area contributed by atoms with Crippen LogP contribution in [0.5, 0.6) is 0 Å². The summed E-state index contributed by atoms with van der Waals surface area (Å²) in [5.74, 6) is 0.000284. The van der Waals surface area contributed by atoms with E-state index in [2.05, 4.69) is 20.9 Å². The first-order valence-electron chi connectivity index (χ1n) is 7.77. The van der Waals surface area contributed by atoms with Gasteiger partial charge in [0.1, 0.15) is 0 Å². The van der Waals surface area contributed by atoms with E-state index in [1.54, 1.807) is 23.3 Å². The summed E-state index contributed by atoms with van der Waals surface area (Å²) in [6.45, 7) is 1.21. The van der Waals surface area contributed by atoms with Gasteiger partial charge in [-0.2, -0.15) is 0 Å². The van der Waals surface area contributed by atoms with Gasteiger partial charge in [0, 0.05) is 25.1 Å². The Hall–Kier alpha value is -1.41. The summed E-state index contributed by atoms with van der Waals surface area (Å²) in [4.78, 5) is 21.0. The van der Waals surface area contributed by atoms with Crippen molar-refractivity contribution in [3.05, 3.63) is 56.0 Å². The number of aliphatic imine (C=N–C) groups is 1. The second kappa shape index (κ2) is 8.80. The summed E-state index contributed by atoms with van der Waals surface area (Å²) in [7, 11) is 1.67. The van der Waals surface area contributed by atoms with Crippen LogP contribution in [0, 0.1) is 0 Å². The first kappa shape index (κ1) is 18.4. The number of thiophene rings is 1. The summed E-state index contributed by atoms with van der Waals surface area (Å²) >= 11 is 6.48. The van der Waals surface area contributed by atoms with E-state index in [9.17, 15) is 4.79 Å². The number of thioether (sulfide) groups is 1. The maximum atomic E-state index is 12.8. The Labute approximate surface area is 163 Å². The van der Waals surface area contributed by atoms with Crippen LogP contribution >= 0.6 is 39.0 Å². The van der Waals surface area contributed by atoms with Gasteiger partial charge >= 0.3 is 0 Å². The van der Waals surface area contributed by atoms with Crippen molar-refractivity contribution in [2.24, 2.45) is 4.99 Å². The molecular formula is C18H17BrN2O2S2. The van der Waals surface area contributed by atoms with Crippen molar-refractivity contribution >= 4 is 61.9 Å². The van der Waals surface area contributed by atoms with Crippen molar-refractivity contribution in [2.75, 3.05) is 20.3 Å². The van der Waals surface area contributed by atoms with Crippen LogP contribution in [-0.2, 0) is 9.53 Å². The monoisotopic (exact) mass is 436 g/mol. The molecule has 1 fully saturated rings. The van der Waals surface area contributed by atoms with Crippen molar-refractivity contribution in [1.82, 2.24) is 4.90 Å². The molecule has 1 aromatic heterocycles. The lowest BCUT2D eigenvalue weighted by molar-refractivity contribution is -0.122. The first-order valence-corrected chi connectivity index (χ1v) is 10.2. The molecule has 1 amide bonds. The van der Waals surface area contributed by atoms with Crippen molar-refractivity contribution in [2.45, 2.75) is 6.42 Å². The molecular weight excluding hydrogens is 420 g/mol. The minimum absolute atomic E-state index is 0.000284. The van der Waals surface area contributed by atoms with Crippen molar-refractivity contribution in [3.8, 4) is 0 Å². The van der Waals surface area contributed by atoms with Gasteiger partial charge in [0.05, 0.1) is 14.4 Å². The minimum atomic E-state index is 0.000284. The predicted octanol–water partition coefficient (Wildman–Crippen LogP) is 5.15. The third-order valence-electron chi connectivity index (χ3n) is 3.47. The molecule has 0 N–H and O–H groups in total. The highest BCUT2D eigenvalue weighted by Crippen LogP contribution is 2.35. The fourth-order valence-corrected chi connectivity index (χ4v) is 4.76. The summed E-state index contributed by atoms with van der Waals surface area (Å²) in [5.41, 5.74) is 0.842. The van der Waals surface area contributed by atoms with Gasteiger partial charge in [-0.3, -0.25) is 9.69 Å². The number of amides is 1. The Balaban J connectivity index is 1.87. The maximum absolute atomic E-state index is 12.8. The normalized spacial score (nSPS) is 17.8. The molecule has 4 nitrogen and oxygen atoms in total. The van der Waals surface area contributed by atoms with Crippen LogP contribution in [0.2, 0.25) is 0 Å². The van der Waals surface area contributed by atoms with Gasteiger partial charge in [0.15, 0.2) is 5.17 Å². The van der Waals surface area contributed by atoms with Gasteiger partial charge in [-0.1, -0.05) is 18.2 Å². The number of methoxy groups -OCH3 is 1. The molecule has 2 aromatic rings. The van der Waals surface area contributed by atoms with Crippen molar-refractivity contribution in [1.29, 1.82) is 0 Å². The largest absolute Gasteiger partial charge is 0.385 e. The van der Waals surface area contributed by atoms with E-state index in [-0.39, 0.29) is 5.91 Å². The molecule has 2 heterocycles. The Bertz CT molecular complexity index is 802. The highest BCUT2D eigenvalue weighted by atomic mass is 79.9. The van der Waals surface area contributed by atoms with E-state index in [1.807, 2.05) is 48.5 Å². The molecule has 0 unspecified atom stereocenters. The van der Waals surface area contributed by atoms with Crippen LogP contribution in [0.3, 0.4) is 0 Å². The van der Waals surface area contributed by atoms with Crippen LogP contribution in [0.15, 0.2) is 56.1 Å². The summed E-state index contributed by atoms with van der Waals surface area (Å²) in [5, 5.41) is 0.717. The van der Waals surface area contributed by atoms with Gasteiger partial charge in [0.25, 0.3) is 5.91 Å². The quantitative estimate of drug-likeness (QED) is 0.464. The van der Waals surface area contributed by atoms with Gasteiger partial charge in [-0.15, -0.1) is 11.3 Å².